The molecular formula is C18H19N3O3S. The van der Waals surface area contributed by atoms with Gasteiger partial charge in [0.2, 0.25) is 21.8 Å². The summed E-state index contributed by atoms with van der Waals surface area (Å²) < 4.78 is 32.8. The van der Waals surface area contributed by atoms with E-state index in [1.165, 1.54) is 0 Å². The van der Waals surface area contributed by atoms with Crippen LogP contribution in [0.5, 0.6) is 0 Å². The van der Waals surface area contributed by atoms with Crippen LogP contribution < -0.4 is 4.72 Å². The molecule has 3 aromatic rings. The molecule has 0 amide bonds. The van der Waals surface area contributed by atoms with Crippen LogP contribution in [0, 0.1) is 13.8 Å². The van der Waals surface area contributed by atoms with E-state index in [-0.39, 0.29) is 11.4 Å². The molecule has 0 fully saturated rings. The number of nitrogens with zero attached hydrogens (tertiary/aromatic N) is 2. The number of sulfonamides is 1. The van der Waals surface area contributed by atoms with Crippen LogP contribution in [0.4, 0.5) is 0 Å². The highest BCUT2D eigenvalue weighted by molar-refractivity contribution is 7.89. The lowest BCUT2D eigenvalue weighted by Gasteiger charge is -2.07. The minimum atomic E-state index is -3.55. The van der Waals surface area contributed by atoms with Crippen LogP contribution >= 0.6 is 0 Å². The number of hydrogen-bond donors (Lipinski definition) is 1. The predicted molar refractivity (Wildman–Crippen MR) is 94.5 cm³/mol. The molecule has 0 atom stereocenters. The molecule has 7 heteroatoms. The molecule has 1 aromatic heterocycles. The van der Waals surface area contributed by atoms with Crippen molar-refractivity contribution in [2.75, 3.05) is 6.54 Å². The van der Waals surface area contributed by atoms with Crippen molar-refractivity contribution in [1.29, 1.82) is 0 Å². The van der Waals surface area contributed by atoms with Gasteiger partial charge in [-0.2, -0.15) is 0 Å². The molecule has 0 saturated carbocycles. The van der Waals surface area contributed by atoms with E-state index in [9.17, 15) is 8.42 Å². The normalized spacial score (nSPS) is 11.6. The van der Waals surface area contributed by atoms with Crippen LogP contribution in [-0.4, -0.2) is 25.2 Å². The van der Waals surface area contributed by atoms with Gasteiger partial charge in [-0.05, 0) is 37.6 Å². The Balaban J connectivity index is 1.64. The van der Waals surface area contributed by atoms with E-state index >= 15 is 0 Å². The minimum absolute atomic E-state index is 0.187. The molecule has 0 aliphatic carbocycles. The van der Waals surface area contributed by atoms with Gasteiger partial charge >= 0.3 is 0 Å². The summed E-state index contributed by atoms with van der Waals surface area (Å²) in [6.07, 6.45) is 0.323. The Hall–Kier alpha value is -2.51. The maximum atomic E-state index is 12.3. The predicted octanol–water partition coefficient (Wildman–Crippen LogP) is 2.87. The summed E-state index contributed by atoms with van der Waals surface area (Å²) >= 11 is 0. The van der Waals surface area contributed by atoms with Gasteiger partial charge in [0, 0.05) is 18.5 Å². The van der Waals surface area contributed by atoms with Crippen LogP contribution in [0.15, 0.2) is 57.8 Å². The van der Waals surface area contributed by atoms with Crippen LogP contribution in [0.2, 0.25) is 0 Å². The highest BCUT2D eigenvalue weighted by Crippen LogP contribution is 2.19. The minimum Gasteiger partial charge on any atom is -0.421 e. The summed E-state index contributed by atoms with van der Waals surface area (Å²) in [6, 6.07) is 14.6. The summed E-state index contributed by atoms with van der Waals surface area (Å²) in [7, 11) is -3.55. The molecule has 0 radical (unpaired) electrons. The fourth-order valence-electron chi connectivity index (χ4n) is 2.48. The van der Waals surface area contributed by atoms with E-state index in [0.717, 1.165) is 11.1 Å². The van der Waals surface area contributed by atoms with E-state index in [2.05, 4.69) is 14.9 Å². The van der Waals surface area contributed by atoms with Gasteiger partial charge in [0.1, 0.15) is 0 Å². The molecule has 0 aliphatic rings. The van der Waals surface area contributed by atoms with Crippen molar-refractivity contribution in [2.24, 2.45) is 0 Å². The second kappa shape index (κ2) is 7.16. The fraction of sp³-hybridized carbons (Fsp3) is 0.222. The topological polar surface area (TPSA) is 85.1 Å². The van der Waals surface area contributed by atoms with Crippen molar-refractivity contribution in [3.63, 3.8) is 0 Å². The zero-order chi connectivity index (χ0) is 17.9. The summed E-state index contributed by atoms with van der Waals surface area (Å²) in [5.74, 6) is 0.824. The molecule has 1 N–H and O–H groups in total. The smallest absolute Gasteiger partial charge is 0.247 e. The quantitative estimate of drug-likeness (QED) is 0.733. The zero-order valence-corrected chi connectivity index (χ0v) is 14.9. The molecule has 2 aromatic carbocycles. The first-order chi connectivity index (χ1) is 12.0. The van der Waals surface area contributed by atoms with Crippen LogP contribution in [0.25, 0.3) is 11.5 Å². The van der Waals surface area contributed by atoms with Crippen LogP contribution in [0.3, 0.4) is 0 Å². The number of benzene rings is 2. The molecule has 0 aliphatic heterocycles. The molecule has 0 bridgehead atoms. The molecular weight excluding hydrogens is 338 g/mol. The third-order valence-corrected chi connectivity index (χ3v) is 5.37. The molecule has 6 nitrogen and oxygen atoms in total. The Morgan fingerprint density at radius 2 is 1.84 bits per heavy atom. The largest absolute Gasteiger partial charge is 0.421 e. The third-order valence-electron chi connectivity index (χ3n) is 3.75. The number of nitrogens with one attached hydrogen (secondary N) is 1. The molecule has 130 valence electrons. The first kappa shape index (κ1) is 17.3. The average Bonchev–Trinajstić information content (AvgIpc) is 3.04. The second-order valence-corrected chi connectivity index (χ2v) is 7.52. The Bertz CT molecular complexity index is 980. The lowest BCUT2D eigenvalue weighted by atomic mass is 10.1. The van der Waals surface area contributed by atoms with Gasteiger partial charge in [0.25, 0.3) is 0 Å². The molecule has 0 saturated heterocycles. The molecule has 1 heterocycles. The average molecular weight is 357 g/mol. The van der Waals surface area contributed by atoms with Crippen LogP contribution in [0.1, 0.15) is 17.0 Å². The fourth-order valence-corrected chi connectivity index (χ4v) is 3.75. The zero-order valence-electron chi connectivity index (χ0n) is 14.1. The maximum Gasteiger partial charge on any atom is 0.247 e. The van der Waals surface area contributed by atoms with E-state index < -0.39 is 10.0 Å². The van der Waals surface area contributed by atoms with Gasteiger partial charge in [0.15, 0.2) is 0 Å². The highest BCUT2D eigenvalue weighted by atomic mass is 32.2. The van der Waals surface area contributed by atoms with Crippen molar-refractivity contribution in [3.05, 3.63) is 65.5 Å². The first-order valence-electron chi connectivity index (χ1n) is 7.90. The van der Waals surface area contributed by atoms with E-state index in [1.54, 1.807) is 31.2 Å². The van der Waals surface area contributed by atoms with E-state index in [4.69, 9.17) is 4.42 Å². The van der Waals surface area contributed by atoms with E-state index in [0.29, 0.717) is 23.8 Å². The summed E-state index contributed by atoms with van der Waals surface area (Å²) in [4.78, 5) is 0.279. The number of aryl methyl sites for hydroxylation is 2. The lowest BCUT2D eigenvalue weighted by Crippen LogP contribution is -2.26. The summed E-state index contributed by atoms with van der Waals surface area (Å²) in [5, 5.41) is 8.00. The maximum absolute atomic E-state index is 12.3. The van der Waals surface area contributed by atoms with Gasteiger partial charge in [-0.3, -0.25) is 0 Å². The van der Waals surface area contributed by atoms with Gasteiger partial charge in [-0.15, -0.1) is 10.2 Å². The summed E-state index contributed by atoms with van der Waals surface area (Å²) in [5.41, 5.74) is 2.65. The van der Waals surface area contributed by atoms with Crippen molar-refractivity contribution in [1.82, 2.24) is 14.9 Å². The highest BCUT2D eigenvalue weighted by Gasteiger charge is 2.16. The van der Waals surface area contributed by atoms with Gasteiger partial charge in [-0.25, -0.2) is 13.1 Å². The Morgan fingerprint density at radius 3 is 2.60 bits per heavy atom. The monoisotopic (exact) mass is 357 g/mol. The SMILES string of the molecule is Cc1cccc(-c2nnc(CCNS(=O)(=O)c3ccccc3C)o2)c1. The number of rotatable bonds is 6. The van der Waals surface area contributed by atoms with Gasteiger partial charge < -0.3 is 4.42 Å². The summed E-state index contributed by atoms with van der Waals surface area (Å²) in [6.45, 7) is 3.94. The Labute approximate surface area is 147 Å². The van der Waals surface area contributed by atoms with Crippen LogP contribution in [-0.2, 0) is 16.4 Å². The second-order valence-electron chi connectivity index (χ2n) is 5.78. The van der Waals surface area contributed by atoms with Crippen molar-refractivity contribution in [3.8, 4) is 11.5 Å². The van der Waals surface area contributed by atoms with E-state index in [1.807, 2.05) is 31.2 Å². The van der Waals surface area contributed by atoms with Gasteiger partial charge in [0.05, 0.1) is 4.90 Å². The molecule has 25 heavy (non-hydrogen) atoms. The lowest BCUT2D eigenvalue weighted by molar-refractivity contribution is 0.502. The standard InChI is InChI=1S/C18H19N3O3S/c1-13-6-5-8-15(12-13)18-21-20-17(24-18)10-11-19-25(22,23)16-9-4-3-7-14(16)2/h3-9,12,19H,10-11H2,1-2H3. The van der Waals surface area contributed by atoms with Gasteiger partial charge in [-0.1, -0.05) is 35.9 Å². The number of aromatic nitrogens is 2. The van der Waals surface area contributed by atoms with Crippen molar-refractivity contribution >= 4 is 10.0 Å². The molecule has 0 unspecified atom stereocenters. The van der Waals surface area contributed by atoms with Crippen molar-refractivity contribution in [2.45, 2.75) is 25.2 Å². The molecule has 3 rings (SSSR count). The third kappa shape index (κ3) is 4.12. The first-order valence-corrected chi connectivity index (χ1v) is 9.39. The molecule has 0 spiro atoms. The Morgan fingerprint density at radius 1 is 1.04 bits per heavy atom. The van der Waals surface area contributed by atoms with Crippen molar-refractivity contribution < 1.29 is 12.8 Å². The Kier molecular flexibility index (Phi) is 4.96. The number of hydrogen-bond acceptors (Lipinski definition) is 5.